The number of rotatable bonds is 6. The van der Waals surface area contributed by atoms with Crippen LogP contribution in [0.4, 0.5) is 4.39 Å². The smallest absolute Gasteiger partial charge is 0.126 e. The maximum atomic E-state index is 13.8. The number of nitrogens with one attached hydrogen (secondary N) is 1. The van der Waals surface area contributed by atoms with Gasteiger partial charge in [0.2, 0.25) is 0 Å². The molecule has 1 atom stereocenters. The molecule has 2 nitrogen and oxygen atoms in total. The number of halogens is 1. The SMILES string of the molecule is CCCNC(Cc1ccccn1)c1ccc(C)c(F)c1. The van der Waals surface area contributed by atoms with Crippen molar-refractivity contribution in [3.8, 4) is 0 Å². The number of hydrogen-bond donors (Lipinski definition) is 1. The average Bonchev–Trinajstić information content (AvgIpc) is 2.47. The Hall–Kier alpha value is -1.74. The number of benzene rings is 1. The van der Waals surface area contributed by atoms with Crippen molar-refractivity contribution >= 4 is 0 Å². The number of hydrogen-bond acceptors (Lipinski definition) is 2. The van der Waals surface area contributed by atoms with Crippen molar-refractivity contribution in [2.75, 3.05) is 6.54 Å². The lowest BCUT2D eigenvalue weighted by molar-refractivity contribution is 0.519. The van der Waals surface area contributed by atoms with Gasteiger partial charge in [-0.05, 0) is 49.2 Å². The lowest BCUT2D eigenvalue weighted by Crippen LogP contribution is -2.24. The summed E-state index contributed by atoms with van der Waals surface area (Å²) in [6.07, 6.45) is 3.61. The second kappa shape index (κ2) is 7.15. The van der Waals surface area contributed by atoms with E-state index in [0.717, 1.165) is 30.6 Å². The van der Waals surface area contributed by atoms with E-state index < -0.39 is 0 Å². The molecular formula is C17H21FN2. The maximum absolute atomic E-state index is 13.8. The summed E-state index contributed by atoms with van der Waals surface area (Å²) < 4.78 is 13.8. The molecule has 0 saturated carbocycles. The Morgan fingerprint density at radius 2 is 2.10 bits per heavy atom. The van der Waals surface area contributed by atoms with Gasteiger partial charge < -0.3 is 5.32 Å². The predicted octanol–water partition coefficient (Wildman–Crippen LogP) is 3.81. The van der Waals surface area contributed by atoms with Gasteiger partial charge in [0.05, 0.1) is 0 Å². The van der Waals surface area contributed by atoms with Crippen molar-refractivity contribution in [2.45, 2.75) is 32.7 Å². The molecule has 0 radical (unpaired) electrons. The van der Waals surface area contributed by atoms with Crippen LogP contribution in [0.1, 0.15) is 36.2 Å². The summed E-state index contributed by atoms with van der Waals surface area (Å²) in [6, 6.07) is 11.5. The Balaban J connectivity index is 2.20. The van der Waals surface area contributed by atoms with Gasteiger partial charge in [-0.3, -0.25) is 4.98 Å². The van der Waals surface area contributed by atoms with Crippen molar-refractivity contribution in [1.29, 1.82) is 0 Å². The highest BCUT2D eigenvalue weighted by Gasteiger charge is 2.13. The van der Waals surface area contributed by atoms with E-state index in [1.165, 1.54) is 0 Å². The lowest BCUT2D eigenvalue weighted by atomic mass is 10.00. The quantitative estimate of drug-likeness (QED) is 0.865. The molecular weight excluding hydrogens is 251 g/mol. The molecule has 1 aromatic carbocycles. The zero-order chi connectivity index (χ0) is 14.4. The van der Waals surface area contributed by atoms with Crippen LogP contribution in [0.2, 0.25) is 0 Å². The Morgan fingerprint density at radius 3 is 2.75 bits per heavy atom. The van der Waals surface area contributed by atoms with Crippen LogP contribution in [0.25, 0.3) is 0 Å². The molecule has 0 aliphatic heterocycles. The Morgan fingerprint density at radius 1 is 1.25 bits per heavy atom. The van der Waals surface area contributed by atoms with E-state index in [9.17, 15) is 4.39 Å². The third-order valence-electron chi connectivity index (χ3n) is 3.38. The number of aromatic nitrogens is 1. The lowest BCUT2D eigenvalue weighted by Gasteiger charge is -2.19. The monoisotopic (exact) mass is 272 g/mol. The molecule has 106 valence electrons. The molecule has 1 heterocycles. The van der Waals surface area contributed by atoms with E-state index >= 15 is 0 Å². The molecule has 0 fully saturated rings. The van der Waals surface area contributed by atoms with Crippen LogP contribution in [0.3, 0.4) is 0 Å². The topological polar surface area (TPSA) is 24.9 Å². The van der Waals surface area contributed by atoms with E-state index in [2.05, 4.69) is 17.2 Å². The summed E-state index contributed by atoms with van der Waals surface area (Å²) in [5.41, 5.74) is 2.68. The third kappa shape index (κ3) is 3.87. The van der Waals surface area contributed by atoms with Crippen molar-refractivity contribution < 1.29 is 4.39 Å². The summed E-state index contributed by atoms with van der Waals surface area (Å²) >= 11 is 0. The fourth-order valence-corrected chi connectivity index (χ4v) is 2.18. The van der Waals surface area contributed by atoms with Gasteiger partial charge in [0.1, 0.15) is 5.82 Å². The van der Waals surface area contributed by atoms with Crippen LogP contribution < -0.4 is 5.32 Å². The van der Waals surface area contributed by atoms with E-state index in [-0.39, 0.29) is 11.9 Å². The normalized spacial score (nSPS) is 12.3. The third-order valence-corrected chi connectivity index (χ3v) is 3.38. The van der Waals surface area contributed by atoms with Gasteiger partial charge in [-0.25, -0.2) is 4.39 Å². The molecule has 2 rings (SSSR count). The molecule has 2 aromatic rings. The zero-order valence-electron chi connectivity index (χ0n) is 12.1. The van der Waals surface area contributed by atoms with E-state index in [4.69, 9.17) is 0 Å². The van der Waals surface area contributed by atoms with Crippen molar-refractivity contribution in [3.05, 3.63) is 65.2 Å². The highest BCUT2D eigenvalue weighted by molar-refractivity contribution is 5.27. The summed E-state index contributed by atoms with van der Waals surface area (Å²) in [5, 5.41) is 3.47. The van der Waals surface area contributed by atoms with Crippen LogP contribution in [0.15, 0.2) is 42.6 Å². The van der Waals surface area contributed by atoms with Crippen molar-refractivity contribution in [1.82, 2.24) is 10.3 Å². The molecule has 20 heavy (non-hydrogen) atoms. The highest BCUT2D eigenvalue weighted by Crippen LogP contribution is 2.20. The van der Waals surface area contributed by atoms with Crippen LogP contribution in [-0.4, -0.2) is 11.5 Å². The number of nitrogens with zero attached hydrogens (tertiary/aromatic N) is 1. The van der Waals surface area contributed by atoms with E-state index in [1.54, 1.807) is 19.2 Å². The van der Waals surface area contributed by atoms with E-state index in [1.807, 2.05) is 30.3 Å². The molecule has 1 N–H and O–H groups in total. The van der Waals surface area contributed by atoms with E-state index in [0.29, 0.717) is 5.56 Å². The first-order chi connectivity index (χ1) is 9.70. The summed E-state index contributed by atoms with van der Waals surface area (Å²) in [6.45, 7) is 4.82. The second-order valence-corrected chi connectivity index (χ2v) is 5.04. The minimum absolute atomic E-state index is 0.0972. The zero-order valence-corrected chi connectivity index (χ0v) is 12.1. The first-order valence-electron chi connectivity index (χ1n) is 7.10. The Kier molecular flexibility index (Phi) is 5.24. The second-order valence-electron chi connectivity index (χ2n) is 5.04. The molecule has 1 aromatic heterocycles. The summed E-state index contributed by atoms with van der Waals surface area (Å²) in [4.78, 5) is 4.36. The molecule has 0 bridgehead atoms. The minimum atomic E-state index is -0.146. The van der Waals surface area contributed by atoms with Crippen LogP contribution in [-0.2, 0) is 6.42 Å². The molecule has 1 unspecified atom stereocenters. The Bertz CT molecular complexity index is 540. The predicted molar refractivity (Wildman–Crippen MR) is 80.1 cm³/mol. The molecule has 0 saturated heterocycles. The van der Waals surface area contributed by atoms with Crippen LogP contribution in [0.5, 0.6) is 0 Å². The van der Waals surface area contributed by atoms with Crippen molar-refractivity contribution in [3.63, 3.8) is 0 Å². The van der Waals surface area contributed by atoms with Gasteiger partial charge in [0.15, 0.2) is 0 Å². The van der Waals surface area contributed by atoms with Crippen LogP contribution >= 0.6 is 0 Å². The first kappa shape index (κ1) is 14.7. The number of pyridine rings is 1. The van der Waals surface area contributed by atoms with Gasteiger partial charge in [-0.2, -0.15) is 0 Å². The largest absolute Gasteiger partial charge is 0.310 e. The average molecular weight is 272 g/mol. The summed E-state index contributed by atoms with van der Waals surface area (Å²) in [7, 11) is 0. The molecule has 3 heteroatoms. The van der Waals surface area contributed by atoms with Gasteiger partial charge in [0.25, 0.3) is 0 Å². The van der Waals surface area contributed by atoms with Crippen LogP contribution in [0, 0.1) is 12.7 Å². The molecule has 0 aliphatic rings. The molecule has 0 amide bonds. The van der Waals surface area contributed by atoms with Gasteiger partial charge in [-0.15, -0.1) is 0 Å². The molecule has 0 aliphatic carbocycles. The van der Waals surface area contributed by atoms with Crippen molar-refractivity contribution in [2.24, 2.45) is 0 Å². The highest BCUT2D eigenvalue weighted by atomic mass is 19.1. The van der Waals surface area contributed by atoms with Gasteiger partial charge in [0, 0.05) is 24.4 Å². The summed E-state index contributed by atoms with van der Waals surface area (Å²) in [5.74, 6) is -0.146. The first-order valence-corrected chi connectivity index (χ1v) is 7.10. The minimum Gasteiger partial charge on any atom is -0.310 e. The fraction of sp³-hybridized carbons (Fsp3) is 0.353. The standard InChI is InChI=1S/C17H21FN2/c1-3-9-20-17(12-15-6-4-5-10-19-15)14-8-7-13(2)16(18)11-14/h4-8,10-11,17,20H,3,9,12H2,1-2H3. The fourth-order valence-electron chi connectivity index (χ4n) is 2.18. The number of aryl methyl sites for hydroxylation is 1. The Labute approximate surface area is 120 Å². The molecule has 0 spiro atoms. The maximum Gasteiger partial charge on any atom is 0.126 e. The van der Waals surface area contributed by atoms with Gasteiger partial charge in [-0.1, -0.05) is 25.1 Å². The van der Waals surface area contributed by atoms with Gasteiger partial charge >= 0.3 is 0 Å².